The van der Waals surface area contributed by atoms with Gasteiger partial charge in [-0.25, -0.2) is 4.39 Å². The van der Waals surface area contributed by atoms with E-state index in [2.05, 4.69) is 5.32 Å². The Morgan fingerprint density at radius 2 is 2.05 bits per heavy atom. The average Bonchev–Trinajstić information content (AvgIpc) is 2.37. The summed E-state index contributed by atoms with van der Waals surface area (Å²) in [6.07, 6.45) is 0.717. The van der Waals surface area contributed by atoms with E-state index >= 15 is 0 Å². The van der Waals surface area contributed by atoms with Crippen LogP contribution in [0.4, 0.5) is 4.39 Å². The monoisotopic (exact) mass is 295 g/mol. The Kier molecular flexibility index (Phi) is 4.77. The summed E-state index contributed by atoms with van der Waals surface area (Å²) in [6, 6.07) is 6.04. The van der Waals surface area contributed by atoms with Crippen LogP contribution in [-0.4, -0.2) is 29.6 Å². The van der Waals surface area contributed by atoms with E-state index in [1.54, 1.807) is 19.1 Å². The molecule has 0 spiro atoms. The van der Waals surface area contributed by atoms with E-state index in [1.165, 1.54) is 12.1 Å². The van der Waals surface area contributed by atoms with Gasteiger partial charge >= 0.3 is 5.97 Å². The van der Waals surface area contributed by atoms with Gasteiger partial charge in [-0.05, 0) is 31.9 Å². The molecule has 1 amide bonds. The molecule has 0 heterocycles. The molecule has 2 N–H and O–H groups in total. The van der Waals surface area contributed by atoms with Crippen molar-refractivity contribution in [2.75, 3.05) is 6.54 Å². The number of hydrogen-bond donors (Lipinski definition) is 2. The first-order chi connectivity index (χ1) is 9.99. The normalized spacial score (nSPS) is 22.0. The molecule has 0 radical (unpaired) electrons. The lowest BCUT2D eigenvalue weighted by molar-refractivity contribution is -0.152. The number of aliphatic carboxylic acids is 1. The Labute approximate surface area is 122 Å². The molecule has 0 saturated heterocycles. The highest BCUT2D eigenvalue weighted by atomic mass is 19.1. The SMILES string of the molecule is CC(CNC(=O)C1CCC1C(=O)O)Oc1ccccc1F. The molecule has 2 rings (SSSR count). The lowest BCUT2D eigenvalue weighted by Crippen LogP contribution is -2.46. The molecule has 5 nitrogen and oxygen atoms in total. The largest absolute Gasteiger partial charge is 0.486 e. The van der Waals surface area contributed by atoms with E-state index < -0.39 is 29.7 Å². The van der Waals surface area contributed by atoms with Gasteiger partial charge in [-0.3, -0.25) is 9.59 Å². The molecule has 0 bridgehead atoms. The second-order valence-electron chi connectivity index (χ2n) is 5.23. The van der Waals surface area contributed by atoms with Crippen LogP contribution in [0.15, 0.2) is 24.3 Å². The van der Waals surface area contributed by atoms with E-state index in [9.17, 15) is 14.0 Å². The van der Waals surface area contributed by atoms with Crippen molar-refractivity contribution in [2.45, 2.75) is 25.9 Å². The van der Waals surface area contributed by atoms with Gasteiger partial charge in [0.15, 0.2) is 11.6 Å². The maximum absolute atomic E-state index is 13.4. The summed E-state index contributed by atoms with van der Waals surface area (Å²) in [5.41, 5.74) is 0. The summed E-state index contributed by atoms with van der Waals surface area (Å²) in [5, 5.41) is 11.6. The van der Waals surface area contributed by atoms with E-state index in [0.717, 1.165) is 0 Å². The first-order valence-corrected chi connectivity index (χ1v) is 6.90. The van der Waals surface area contributed by atoms with E-state index in [4.69, 9.17) is 9.84 Å². The first kappa shape index (κ1) is 15.3. The van der Waals surface area contributed by atoms with E-state index in [1.807, 2.05) is 0 Å². The third-order valence-electron chi connectivity index (χ3n) is 3.66. The van der Waals surface area contributed by atoms with Gasteiger partial charge in [-0.2, -0.15) is 0 Å². The number of nitrogens with one attached hydrogen (secondary N) is 1. The maximum Gasteiger partial charge on any atom is 0.307 e. The molecule has 1 aliphatic carbocycles. The van der Waals surface area contributed by atoms with Gasteiger partial charge in [0.25, 0.3) is 0 Å². The predicted molar refractivity (Wildman–Crippen MR) is 73.3 cm³/mol. The van der Waals surface area contributed by atoms with Crippen LogP contribution in [0.1, 0.15) is 19.8 Å². The Hall–Kier alpha value is -2.11. The average molecular weight is 295 g/mol. The lowest BCUT2D eigenvalue weighted by atomic mass is 9.73. The van der Waals surface area contributed by atoms with E-state index in [-0.39, 0.29) is 18.2 Å². The smallest absolute Gasteiger partial charge is 0.307 e. The summed E-state index contributed by atoms with van der Waals surface area (Å²) in [5.74, 6) is -2.60. The van der Waals surface area contributed by atoms with Gasteiger partial charge < -0.3 is 15.2 Å². The molecule has 0 aromatic heterocycles. The number of hydrogen-bond acceptors (Lipinski definition) is 3. The number of amides is 1. The fourth-order valence-electron chi connectivity index (χ4n) is 2.28. The van der Waals surface area contributed by atoms with Crippen molar-refractivity contribution in [3.8, 4) is 5.75 Å². The number of carboxylic acid groups (broad SMARTS) is 1. The zero-order valence-electron chi connectivity index (χ0n) is 11.7. The van der Waals surface area contributed by atoms with Crippen molar-refractivity contribution in [1.29, 1.82) is 0 Å². The second kappa shape index (κ2) is 6.56. The number of para-hydroxylation sites is 1. The zero-order valence-corrected chi connectivity index (χ0v) is 11.7. The predicted octanol–water partition coefficient (Wildman–Crippen LogP) is 1.82. The second-order valence-corrected chi connectivity index (χ2v) is 5.23. The number of rotatable bonds is 6. The standard InChI is InChI=1S/C15H18FNO4/c1-9(21-13-5-3-2-4-12(13)16)8-17-14(18)10-6-7-11(10)15(19)20/h2-5,9-11H,6-8H2,1H3,(H,17,18)(H,19,20). The fraction of sp³-hybridized carbons (Fsp3) is 0.467. The molecule has 3 unspecified atom stereocenters. The molecule has 6 heteroatoms. The van der Waals surface area contributed by atoms with Crippen LogP contribution >= 0.6 is 0 Å². The summed E-state index contributed by atoms with van der Waals surface area (Å²) in [7, 11) is 0. The van der Waals surface area contributed by atoms with E-state index in [0.29, 0.717) is 12.8 Å². The van der Waals surface area contributed by atoms with Crippen LogP contribution in [-0.2, 0) is 9.59 Å². The molecule has 1 aliphatic rings. The molecule has 1 saturated carbocycles. The highest BCUT2D eigenvalue weighted by molar-refractivity contribution is 5.86. The molecule has 1 aromatic rings. The van der Waals surface area contributed by atoms with Crippen LogP contribution in [0.5, 0.6) is 5.75 Å². The first-order valence-electron chi connectivity index (χ1n) is 6.90. The van der Waals surface area contributed by atoms with Crippen molar-refractivity contribution >= 4 is 11.9 Å². The molecular formula is C15H18FNO4. The van der Waals surface area contributed by atoms with Crippen molar-refractivity contribution in [1.82, 2.24) is 5.32 Å². The van der Waals surface area contributed by atoms with Crippen LogP contribution in [0.3, 0.4) is 0 Å². The Morgan fingerprint density at radius 1 is 1.38 bits per heavy atom. The number of carboxylic acids is 1. The van der Waals surface area contributed by atoms with Gasteiger partial charge in [0.05, 0.1) is 18.4 Å². The number of halogens is 1. The topological polar surface area (TPSA) is 75.6 Å². The molecule has 3 atom stereocenters. The fourth-order valence-corrected chi connectivity index (χ4v) is 2.28. The minimum atomic E-state index is -0.933. The summed E-state index contributed by atoms with van der Waals surface area (Å²) >= 11 is 0. The number of ether oxygens (including phenoxy) is 1. The summed E-state index contributed by atoms with van der Waals surface area (Å²) < 4.78 is 18.8. The van der Waals surface area contributed by atoms with Crippen molar-refractivity contribution < 1.29 is 23.8 Å². The third kappa shape index (κ3) is 3.71. The Balaban J connectivity index is 1.79. The molecule has 1 fully saturated rings. The van der Waals surface area contributed by atoms with Crippen LogP contribution in [0, 0.1) is 17.7 Å². The summed E-state index contributed by atoms with van der Waals surface area (Å²) in [6.45, 7) is 1.91. The highest BCUT2D eigenvalue weighted by Gasteiger charge is 2.41. The van der Waals surface area contributed by atoms with Crippen LogP contribution < -0.4 is 10.1 Å². The summed E-state index contributed by atoms with van der Waals surface area (Å²) in [4.78, 5) is 22.7. The Morgan fingerprint density at radius 3 is 2.62 bits per heavy atom. The maximum atomic E-state index is 13.4. The molecule has 0 aliphatic heterocycles. The van der Waals surface area contributed by atoms with Gasteiger partial charge in [-0.15, -0.1) is 0 Å². The number of carbonyl (C=O) groups excluding carboxylic acids is 1. The number of carbonyl (C=O) groups is 2. The van der Waals surface area contributed by atoms with Crippen molar-refractivity contribution in [2.24, 2.45) is 11.8 Å². The van der Waals surface area contributed by atoms with Gasteiger partial charge in [0.1, 0.15) is 6.10 Å². The Bertz CT molecular complexity index is 534. The van der Waals surface area contributed by atoms with Gasteiger partial charge in [0.2, 0.25) is 5.91 Å². The molecule has 1 aromatic carbocycles. The lowest BCUT2D eigenvalue weighted by Gasteiger charge is -2.32. The van der Waals surface area contributed by atoms with Crippen molar-refractivity contribution in [3.05, 3.63) is 30.1 Å². The number of benzene rings is 1. The zero-order chi connectivity index (χ0) is 15.4. The van der Waals surface area contributed by atoms with Gasteiger partial charge in [0, 0.05) is 0 Å². The van der Waals surface area contributed by atoms with Crippen LogP contribution in [0.25, 0.3) is 0 Å². The van der Waals surface area contributed by atoms with Gasteiger partial charge in [-0.1, -0.05) is 12.1 Å². The van der Waals surface area contributed by atoms with Crippen LogP contribution in [0.2, 0.25) is 0 Å². The highest BCUT2D eigenvalue weighted by Crippen LogP contribution is 2.34. The molecule has 21 heavy (non-hydrogen) atoms. The minimum Gasteiger partial charge on any atom is -0.486 e. The molecular weight excluding hydrogens is 277 g/mol. The quantitative estimate of drug-likeness (QED) is 0.839. The minimum absolute atomic E-state index is 0.131. The van der Waals surface area contributed by atoms with Crippen molar-refractivity contribution in [3.63, 3.8) is 0 Å². The molecule has 114 valence electrons. The third-order valence-corrected chi connectivity index (χ3v) is 3.66.